The smallest absolute Gasteiger partial charge is 0.260 e. The number of ether oxygens (including phenoxy) is 2. The predicted octanol–water partition coefficient (Wildman–Crippen LogP) is 4.18. The van der Waals surface area contributed by atoms with Gasteiger partial charge >= 0.3 is 0 Å². The quantitative estimate of drug-likeness (QED) is 0.809. The van der Waals surface area contributed by atoms with Gasteiger partial charge in [-0.05, 0) is 49.6 Å². The first kappa shape index (κ1) is 18.3. The van der Waals surface area contributed by atoms with E-state index in [1.807, 2.05) is 48.2 Å². The van der Waals surface area contributed by atoms with Crippen LogP contribution in [-0.2, 0) is 4.79 Å². The molecule has 0 radical (unpaired) electrons. The molecule has 0 aromatic heterocycles. The highest BCUT2D eigenvalue weighted by Crippen LogP contribution is 2.28. The molecule has 2 aromatic carbocycles. The first-order valence-electron chi connectivity index (χ1n) is 9.27. The number of methoxy groups -OCH3 is 1. The summed E-state index contributed by atoms with van der Waals surface area (Å²) in [4.78, 5) is 14.6. The van der Waals surface area contributed by atoms with Crippen LogP contribution in [0.1, 0.15) is 36.3 Å². The lowest BCUT2D eigenvalue weighted by Crippen LogP contribution is -2.37. The Hall–Kier alpha value is -2.49. The van der Waals surface area contributed by atoms with Crippen molar-refractivity contribution < 1.29 is 14.3 Å². The molecule has 0 N–H and O–H groups in total. The van der Waals surface area contributed by atoms with E-state index in [2.05, 4.69) is 12.1 Å². The molecular formula is C22H27NO3. The second kappa shape index (κ2) is 8.75. The zero-order valence-corrected chi connectivity index (χ0v) is 15.6. The first-order valence-corrected chi connectivity index (χ1v) is 9.27. The van der Waals surface area contributed by atoms with Crippen LogP contribution in [-0.4, -0.2) is 37.6 Å². The average molecular weight is 353 g/mol. The van der Waals surface area contributed by atoms with Crippen LogP contribution in [0.2, 0.25) is 0 Å². The number of amides is 1. The van der Waals surface area contributed by atoms with Gasteiger partial charge in [-0.25, -0.2) is 0 Å². The number of nitrogens with zero attached hydrogens (tertiary/aromatic N) is 1. The Bertz CT molecular complexity index is 709. The van der Waals surface area contributed by atoms with E-state index in [1.54, 1.807) is 7.11 Å². The number of hydrogen-bond acceptors (Lipinski definition) is 3. The summed E-state index contributed by atoms with van der Waals surface area (Å²) in [5.41, 5.74) is 2.45. The summed E-state index contributed by atoms with van der Waals surface area (Å²) < 4.78 is 10.9. The third kappa shape index (κ3) is 4.78. The first-order chi connectivity index (χ1) is 12.7. The summed E-state index contributed by atoms with van der Waals surface area (Å²) in [5, 5.41) is 0. The lowest BCUT2D eigenvalue weighted by molar-refractivity contribution is -0.133. The number of benzene rings is 2. The van der Waals surface area contributed by atoms with E-state index in [9.17, 15) is 4.79 Å². The number of hydrogen-bond donors (Lipinski definition) is 0. The van der Waals surface area contributed by atoms with Crippen LogP contribution in [0.25, 0.3) is 0 Å². The summed E-state index contributed by atoms with van der Waals surface area (Å²) in [6.45, 7) is 3.69. The summed E-state index contributed by atoms with van der Waals surface area (Å²) in [7, 11) is 1.68. The summed E-state index contributed by atoms with van der Waals surface area (Å²) in [5.74, 6) is 2.03. The number of aryl methyl sites for hydroxylation is 1. The van der Waals surface area contributed by atoms with E-state index in [4.69, 9.17) is 9.47 Å². The fraction of sp³-hybridized carbons (Fsp3) is 0.409. The van der Waals surface area contributed by atoms with Gasteiger partial charge in [0.15, 0.2) is 6.61 Å². The molecule has 1 aliphatic heterocycles. The molecule has 1 heterocycles. The van der Waals surface area contributed by atoms with E-state index in [1.165, 1.54) is 11.1 Å². The van der Waals surface area contributed by atoms with Crippen LogP contribution >= 0.6 is 0 Å². The highest BCUT2D eigenvalue weighted by atomic mass is 16.5. The van der Waals surface area contributed by atoms with Gasteiger partial charge in [0.1, 0.15) is 11.5 Å². The number of rotatable bonds is 5. The second-order valence-corrected chi connectivity index (χ2v) is 6.91. The van der Waals surface area contributed by atoms with Crippen LogP contribution < -0.4 is 9.47 Å². The highest BCUT2D eigenvalue weighted by molar-refractivity contribution is 5.78. The van der Waals surface area contributed by atoms with Crippen molar-refractivity contribution in [3.63, 3.8) is 0 Å². The van der Waals surface area contributed by atoms with Gasteiger partial charge in [-0.15, -0.1) is 0 Å². The van der Waals surface area contributed by atoms with Gasteiger partial charge in [0.25, 0.3) is 5.91 Å². The maximum absolute atomic E-state index is 12.6. The maximum atomic E-state index is 12.6. The van der Waals surface area contributed by atoms with Crippen LogP contribution in [0.4, 0.5) is 0 Å². The molecule has 1 saturated heterocycles. The SMILES string of the molecule is COc1ccc(C2CCCCN(C(=O)COc3ccc(C)cc3)C2)cc1. The molecule has 26 heavy (non-hydrogen) atoms. The van der Waals surface area contributed by atoms with Gasteiger partial charge in [-0.3, -0.25) is 4.79 Å². The van der Waals surface area contributed by atoms with E-state index in [-0.39, 0.29) is 12.5 Å². The largest absolute Gasteiger partial charge is 0.497 e. The van der Waals surface area contributed by atoms with Gasteiger partial charge in [0.05, 0.1) is 7.11 Å². The Balaban J connectivity index is 1.60. The second-order valence-electron chi connectivity index (χ2n) is 6.91. The molecule has 3 rings (SSSR count). The minimum absolute atomic E-state index is 0.0611. The van der Waals surface area contributed by atoms with Crippen molar-refractivity contribution in [3.8, 4) is 11.5 Å². The monoisotopic (exact) mass is 353 g/mol. The standard InChI is InChI=1S/C22H27NO3/c1-17-6-10-21(11-7-17)26-16-22(24)23-14-4-3-5-19(15-23)18-8-12-20(25-2)13-9-18/h6-13,19H,3-5,14-16H2,1-2H3. The topological polar surface area (TPSA) is 38.8 Å². The van der Waals surface area contributed by atoms with Gasteiger partial charge in [0.2, 0.25) is 0 Å². The predicted molar refractivity (Wildman–Crippen MR) is 103 cm³/mol. The molecule has 1 atom stereocenters. The van der Waals surface area contributed by atoms with Gasteiger partial charge in [-0.1, -0.05) is 36.2 Å². The van der Waals surface area contributed by atoms with E-state index >= 15 is 0 Å². The van der Waals surface area contributed by atoms with Crippen molar-refractivity contribution in [3.05, 3.63) is 59.7 Å². The van der Waals surface area contributed by atoms with Crippen molar-refractivity contribution in [2.45, 2.75) is 32.1 Å². The Labute approximate surface area is 155 Å². The van der Waals surface area contributed by atoms with Crippen molar-refractivity contribution in [2.24, 2.45) is 0 Å². The van der Waals surface area contributed by atoms with Crippen molar-refractivity contribution in [1.29, 1.82) is 0 Å². The zero-order valence-electron chi connectivity index (χ0n) is 15.6. The molecule has 0 aliphatic carbocycles. The fourth-order valence-electron chi connectivity index (χ4n) is 3.39. The third-order valence-electron chi connectivity index (χ3n) is 4.99. The van der Waals surface area contributed by atoms with Crippen LogP contribution in [0.15, 0.2) is 48.5 Å². The molecule has 0 bridgehead atoms. The van der Waals surface area contributed by atoms with Crippen molar-refractivity contribution in [2.75, 3.05) is 26.8 Å². The van der Waals surface area contributed by atoms with Crippen LogP contribution in [0.3, 0.4) is 0 Å². The molecule has 138 valence electrons. The lowest BCUT2D eigenvalue weighted by atomic mass is 9.94. The maximum Gasteiger partial charge on any atom is 0.260 e. The Morgan fingerprint density at radius 2 is 1.73 bits per heavy atom. The third-order valence-corrected chi connectivity index (χ3v) is 4.99. The molecule has 0 spiro atoms. The number of likely N-dealkylation sites (tertiary alicyclic amines) is 1. The number of carbonyl (C=O) groups is 1. The molecule has 1 aliphatic rings. The average Bonchev–Trinajstić information content (AvgIpc) is 2.94. The Kier molecular flexibility index (Phi) is 6.16. The van der Waals surface area contributed by atoms with Gasteiger partial charge in [-0.2, -0.15) is 0 Å². The molecule has 0 saturated carbocycles. The van der Waals surface area contributed by atoms with Crippen LogP contribution in [0.5, 0.6) is 11.5 Å². The minimum atomic E-state index is 0.0611. The molecule has 2 aromatic rings. The summed E-state index contributed by atoms with van der Waals surface area (Å²) in [6.07, 6.45) is 3.29. The molecule has 1 amide bonds. The molecule has 1 unspecified atom stereocenters. The van der Waals surface area contributed by atoms with Gasteiger partial charge < -0.3 is 14.4 Å². The lowest BCUT2D eigenvalue weighted by Gasteiger charge is -2.25. The van der Waals surface area contributed by atoms with E-state index in [0.717, 1.165) is 43.9 Å². The van der Waals surface area contributed by atoms with E-state index in [0.29, 0.717) is 5.92 Å². The van der Waals surface area contributed by atoms with Crippen LogP contribution in [0, 0.1) is 6.92 Å². The highest BCUT2D eigenvalue weighted by Gasteiger charge is 2.23. The molecular weight excluding hydrogens is 326 g/mol. The molecule has 4 heteroatoms. The zero-order chi connectivity index (χ0) is 18.4. The van der Waals surface area contributed by atoms with Gasteiger partial charge in [0, 0.05) is 19.0 Å². The normalized spacial score (nSPS) is 17.5. The Morgan fingerprint density at radius 1 is 1.04 bits per heavy atom. The van der Waals surface area contributed by atoms with Crippen molar-refractivity contribution in [1.82, 2.24) is 4.90 Å². The minimum Gasteiger partial charge on any atom is -0.497 e. The fourth-order valence-corrected chi connectivity index (χ4v) is 3.39. The summed E-state index contributed by atoms with van der Waals surface area (Å²) >= 11 is 0. The number of carbonyl (C=O) groups excluding carboxylic acids is 1. The van der Waals surface area contributed by atoms with E-state index < -0.39 is 0 Å². The molecule has 4 nitrogen and oxygen atoms in total. The molecule has 1 fully saturated rings. The summed E-state index contributed by atoms with van der Waals surface area (Å²) in [6, 6.07) is 16.0. The Morgan fingerprint density at radius 3 is 2.42 bits per heavy atom. The van der Waals surface area contributed by atoms with Crippen molar-refractivity contribution >= 4 is 5.91 Å².